The van der Waals surface area contributed by atoms with Crippen LogP contribution in [0.15, 0.2) is 18.3 Å². The Hall–Kier alpha value is -1.15. The molecule has 74 valence electrons. The van der Waals surface area contributed by atoms with Crippen molar-refractivity contribution < 1.29 is 0 Å². The molecular formula is C12H16N2. The van der Waals surface area contributed by atoms with Crippen LogP contribution in [0, 0.1) is 0 Å². The van der Waals surface area contributed by atoms with E-state index in [0.29, 0.717) is 5.92 Å². The zero-order valence-corrected chi connectivity index (χ0v) is 8.75. The molecule has 0 bridgehead atoms. The summed E-state index contributed by atoms with van der Waals surface area (Å²) in [6.07, 6.45) is 6.30. The molecule has 0 fully saturated rings. The van der Waals surface area contributed by atoms with Crippen LogP contribution >= 0.6 is 0 Å². The van der Waals surface area contributed by atoms with Crippen molar-refractivity contribution in [2.75, 3.05) is 6.54 Å². The number of rotatable bonds is 1. The summed E-state index contributed by atoms with van der Waals surface area (Å²) in [5.74, 6) is 0.553. The minimum Gasteiger partial charge on any atom is -0.308 e. The largest absolute Gasteiger partial charge is 0.308 e. The van der Waals surface area contributed by atoms with Gasteiger partial charge in [-0.3, -0.25) is 4.98 Å². The van der Waals surface area contributed by atoms with Crippen LogP contribution in [0.4, 0.5) is 0 Å². The van der Waals surface area contributed by atoms with Gasteiger partial charge in [-0.05, 0) is 23.1 Å². The van der Waals surface area contributed by atoms with Crippen molar-refractivity contribution in [3.8, 4) is 0 Å². The summed E-state index contributed by atoms with van der Waals surface area (Å²) < 4.78 is 0. The first-order valence-corrected chi connectivity index (χ1v) is 5.13. The highest BCUT2D eigenvalue weighted by atomic mass is 14.9. The number of fused-ring (bicyclic) bond motifs is 1. The highest BCUT2D eigenvalue weighted by Crippen LogP contribution is 2.18. The summed E-state index contributed by atoms with van der Waals surface area (Å²) in [7, 11) is 0. The Labute approximate surface area is 85.1 Å². The van der Waals surface area contributed by atoms with Gasteiger partial charge in [-0.2, -0.15) is 0 Å². The van der Waals surface area contributed by atoms with Gasteiger partial charge in [0.15, 0.2) is 0 Å². The highest BCUT2D eigenvalue weighted by molar-refractivity contribution is 5.54. The molecule has 0 radical (unpaired) electrons. The lowest BCUT2D eigenvalue weighted by molar-refractivity contribution is 0.742. The molecule has 0 atom stereocenters. The van der Waals surface area contributed by atoms with Crippen LogP contribution < -0.4 is 5.32 Å². The first-order valence-electron chi connectivity index (χ1n) is 5.13. The maximum Gasteiger partial charge on any atom is 0.0614 e. The summed E-state index contributed by atoms with van der Waals surface area (Å²) in [6, 6.07) is 2.25. The van der Waals surface area contributed by atoms with E-state index in [-0.39, 0.29) is 0 Å². The summed E-state index contributed by atoms with van der Waals surface area (Å²) in [6.45, 7) is 6.21. The number of hydrogen-bond acceptors (Lipinski definition) is 2. The Bertz CT molecular complexity index is 353. The molecule has 0 spiro atoms. The van der Waals surface area contributed by atoms with Crippen molar-refractivity contribution in [3.05, 3.63) is 35.2 Å². The van der Waals surface area contributed by atoms with E-state index in [0.717, 1.165) is 18.8 Å². The Morgan fingerprint density at radius 3 is 3.07 bits per heavy atom. The topological polar surface area (TPSA) is 24.9 Å². The molecule has 0 aliphatic carbocycles. The summed E-state index contributed by atoms with van der Waals surface area (Å²) in [5, 5.41) is 3.30. The van der Waals surface area contributed by atoms with Crippen LogP contribution in [0.5, 0.6) is 0 Å². The molecule has 1 aliphatic heterocycles. The van der Waals surface area contributed by atoms with E-state index in [1.807, 2.05) is 6.20 Å². The van der Waals surface area contributed by atoms with Gasteiger partial charge in [-0.25, -0.2) is 0 Å². The zero-order valence-electron chi connectivity index (χ0n) is 8.75. The average Bonchev–Trinajstić information content (AvgIpc) is 2.41. The lowest BCUT2D eigenvalue weighted by Crippen LogP contribution is -2.12. The minimum absolute atomic E-state index is 0.553. The van der Waals surface area contributed by atoms with E-state index in [1.165, 1.54) is 11.1 Å². The molecule has 2 heterocycles. The lowest BCUT2D eigenvalue weighted by atomic mass is 10.0. The van der Waals surface area contributed by atoms with E-state index >= 15 is 0 Å². The summed E-state index contributed by atoms with van der Waals surface area (Å²) >= 11 is 0. The number of nitrogens with zero attached hydrogens (tertiary/aromatic N) is 1. The monoisotopic (exact) mass is 188 g/mol. The van der Waals surface area contributed by atoms with Gasteiger partial charge in [0.2, 0.25) is 0 Å². The number of aromatic nitrogens is 1. The van der Waals surface area contributed by atoms with E-state index in [4.69, 9.17) is 0 Å². The average molecular weight is 188 g/mol. The van der Waals surface area contributed by atoms with Crippen LogP contribution in [0.3, 0.4) is 0 Å². The molecule has 2 nitrogen and oxygen atoms in total. The van der Waals surface area contributed by atoms with Gasteiger partial charge in [-0.1, -0.05) is 26.0 Å². The predicted octanol–water partition coefficient (Wildman–Crippen LogP) is 2.32. The Morgan fingerprint density at radius 1 is 1.43 bits per heavy atom. The summed E-state index contributed by atoms with van der Waals surface area (Å²) in [5.41, 5.74) is 3.74. The Kier molecular flexibility index (Phi) is 2.64. The van der Waals surface area contributed by atoms with Gasteiger partial charge in [0, 0.05) is 19.3 Å². The van der Waals surface area contributed by atoms with E-state index in [9.17, 15) is 0 Å². The third-order valence-electron chi connectivity index (χ3n) is 2.54. The Morgan fingerprint density at radius 2 is 2.29 bits per heavy atom. The van der Waals surface area contributed by atoms with Gasteiger partial charge in [0.25, 0.3) is 0 Å². The molecule has 1 aromatic rings. The standard InChI is InChI=1S/C12H16N2/c1-9(2)11-6-10-4-3-5-13-8-12(10)14-7-11/h3-4,6-7,9,13H,5,8H2,1-2H3. The molecule has 14 heavy (non-hydrogen) atoms. The second-order valence-electron chi connectivity index (χ2n) is 3.99. The van der Waals surface area contributed by atoms with E-state index < -0.39 is 0 Å². The Balaban J connectivity index is 2.40. The van der Waals surface area contributed by atoms with Gasteiger partial charge < -0.3 is 5.32 Å². The molecule has 0 aromatic carbocycles. The summed E-state index contributed by atoms with van der Waals surface area (Å²) in [4.78, 5) is 4.49. The van der Waals surface area contributed by atoms with Crippen LogP contribution in [-0.4, -0.2) is 11.5 Å². The van der Waals surface area contributed by atoms with Crippen LogP contribution in [0.2, 0.25) is 0 Å². The number of pyridine rings is 1. The molecular weight excluding hydrogens is 172 g/mol. The molecule has 2 heteroatoms. The zero-order chi connectivity index (χ0) is 9.97. The highest BCUT2D eigenvalue weighted by Gasteiger charge is 2.07. The molecule has 0 amide bonds. The fraction of sp³-hybridized carbons (Fsp3) is 0.417. The molecule has 1 aliphatic rings. The van der Waals surface area contributed by atoms with Gasteiger partial charge in [0.05, 0.1) is 5.69 Å². The SMILES string of the molecule is CC(C)c1cnc2c(c1)C=CCNC2. The maximum absolute atomic E-state index is 4.49. The third kappa shape index (κ3) is 1.85. The van der Waals surface area contributed by atoms with Crippen molar-refractivity contribution in [2.45, 2.75) is 26.3 Å². The fourth-order valence-corrected chi connectivity index (χ4v) is 1.59. The maximum atomic E-state index is 4.49. The predicted molar refractivity (Wildman–Crippen MR) is 59.1 cm³/mol. The molecule has 0 saturated carbocycles. The van der Waals surface area contributed by atoms with Crippen molar-refractivity contribution >= 4 is 6.08 Å². The second kappa shape index (κ2) is 3.93. The van der Waals surface area contributed by atoms with Crippen molar-refractivity contribution in [1.29, 1.82) is 0 Å². The third-order valence-corrected chi connectivity index (χ3v) is 2.54. The molecule has 0 saturated heterocycles. The fourth-order valence-electron chi connectivity index (χ4n) is 1.59. The smallest absolute Gasteiger partial charge is 0.0614 e. The van der Waals surface area contributed by atoms with Crippen molar-refractivity contribution in [1.82, 2.24) is 10.3 Å². The number of hydrogen-bond donors (Lipinski definition) is 1. The first-order chi connectivity index (χ1) is 6.77. The van der Waals surface area contributed by atoms with Crippen LogP contribution in [-0.2, 0) is 6.54 Å². The molecule has 2 rings (SSSR count). The van der Waals surface area contributed by atoms with Gasteiger partial charge in [0.1, 0.15) is 0 Å². The quantitative estimate of drug-likeness (QED) is 0.731. The van der Waals surface area contributed by atoms with Crippen LogP contribution in [0.1, 0.15) is 36.6 Å². The second-order valence-corrected chi connectivity index (χ2v) is 3.99. The molecule has 1 N–H and O–H groups in total. The van der Waals surface area contributed by atoms with Crippen LogP contribution in [0.25, 0.3) is 6.08 Å². The van der Waals surface area contributed by atoms with E-state index in [1.54, 1.807) is 0 Å². The van der Waals surface area contributed by atoms with Crippen molar-refractivity contribution in [3.63, 3.8) is 0 Å². The molecule has 1 aromatic heterocycles. The van der Waals surface area contributed by atoms with Crippen molar-refractivity contribution in [2.24, 2.45) is 0 Å². The normalized spacial score (nSPS) is 15.4. The first kappa shape index (κ1) is 9.41. The number of nitrogens with one attached hydrogen (secondary N) is 1. The lowest BCUT2D eigenvalue weighted by Gasteiger charge is -2.08. The molecule has 0 unspecified atom stereocenters. The van der Waals surface area contributed by atoms with Gasteiger partial charge >= 0.3 is 0 Å². The minimum atomic E-state index is 0.553. The van der Waals surface area contributed by atoms with Gasteiger partial charge in [-0.15, -0.1) is 0 Å². The van der Waals surface area contributed by atoms with E-state index in [2.05, 4.69) is 42.4 Å².